The summed E-state index contributed by atoms with van der Waals surface area (Å²) in [4.78, 5) is 2.63. The highest BCUT2D eigenvalue weighted by Gasteiger charge is 2.26. The van der Waals surface area contributed by atoms with Crippen LogP contribution in [0.1, 0.15) is 45.2 Å². The summed E-state index contributed by atoms with van der Waals surface area (Å²) in [5, 5.41) is 0. The van der Waals surface area contributed by atoms with Crippen LogP contribution in [0.15, 0.2) is 30.3 Å². The predicted molar refractivity (Wildman–Crippen MR) is 82.0 cm³/mol. The van der Waals surface area contributed by atoms with Gasteiger partial charge >= 0.3 is 0 Å². The van der Waals surface area contributed by atoms with Crippen molar-refractivity contribution in [2.24, 2.45) is 17.6 Å². The Kier molecular flexibility index (Phi) is 5.00. The van der Waals surface area contributed by atoms with Crippen LogP contribution >= 0.6 is 0 Å². The zero-order chi connectivity index (χ0) is 13.8. The number of hydrogen-bond donors (Lipinski definition) is 1. The Bertz CT molecular complexity index is 376. The number of nitrogens with two attached hydrogens (primary N) is 1. The lowest BCUT2D eigenvalue weighted by Crippen LogP contribution is -2.44. The minimum atomic E-state index is 0.144. The van der Waals surface area contributed by atoms with E-state index in [9.17, 15) is 0 Å². The Morgan fingerprint density at radius 2 is 1.89 bits per heavy atom. The molecule has 2 N–H and O–H groups in total. The molecule has 0 aromatic heterocycles. The molecule has 1 aromatic carbocycles. The second-order valence-electron chi connectivity index (χ2n) is 6.40. The summed E-state index contributed by atoms with van der Waals surface area (Å²) in [5.74, 6) is 1.33. The molecule has 0 aliphatic carbocycles. The molecule has 19 heavy (non-hydrogen) atoms. The Morgan fingerprint density at radius 3 is 2.58 bits per heavy atom. The maximum atomic E-state index is 6.41. The van der Waals surface area contributed by atoms with Gasteiger partial charge in [0, 0.05) is 25.2 Å². The molecule has 2 heteroatoms. The normalized spacial score (nSPS) is 28.0. The van der Waals surface area contributed by atoms with Gasteiger partial charge in [-0.25, -0.2) is 0 Å². The first-order valence-corrected chi connectivity index (χ1v) is 7.62. The fraction of sp³-hybridized carbons (Fsp3) is 0.647. The number of likely N-dealkylation sites (tertiary alicyclic amines) is 1. The first-order valence-electron chi connectivity index (χ1n) is 7.62. The second-order valence-corrected chi connectivity index (χ2v) is 6.40. The van der Waals surface area contributed by atoms with Crippen molar-refractivity contribution in [2.45, 2.75) is 45.7 Å². The average molecular weight is 260 g/mol. The largest absolute Gasteiger partial charge is 0.324 e. The number of nitrogens with zero attached hydrogens (tertiary/aromatic N) is 1. The van der Waals surface area contributed by atoms with Gasteiger partial charge in [0.2, 0.25) is 0 Å². The van der Waals surface area contributed by atoms with Crippen molar-refractivity contribution in [1.82, 2.24) is 4.90 Å². The third kappa shape index (κ3) is 3.80. The molecule has 0 saturated carbocycles. The summed E-state index contributed by atoms with van der Waals surface area (Å²) in [7, 11) is 0. The molecule has 1 fully saturated rings. The molecule has 2 rings (SSSR count). The lowest BCUT2D eigenvalue weighted by atomic mass is 9.91. The molecule has 1 heterocycles. The fourth-order valence-electron chi connectivity index (χ4n) is 3.12. The van der Waals surface area contributed by atoms with Crippen LogP contribution in [0.25, 0.3) is 0 Å². The maximum absolute atomic E-state index is 6.41. The number of rotatable bonds is 4. The zero-order valence-corrected chi connectivity index (χ0v) is 12.5. The van der Waals surface area contributed by atoms with E-state index in [1.165, 1.54) is 24.9 Å². The van der Waals surface area contributed by atoms with Gasteiger partial charge < -0.3 is 10.6 Å². The summed E-state index contributed by atoms with van der Waals surface area (Å²) in [6, 6.07) is 11.3. The van der Waals surface area contributed by atoms with Crippen molar-refractivity contribution in [1.29, 1.82) is 0 Å². The van der Waals surface area contributed by atoms with E-state index in [0.29, 0.717) is 12.0 Å². The van der Waals surface area contributed by atoms with Crippen molar-refractivity contribution in [3.05, 3.63) is 35.9 Å². The van der Waals surface area contributed by atoms with Gasteiger partial charge in [0.25, 0.3) is 0 Å². The lowest BCUT2D eigenvalue weighted by molar-refractivity contribution is 0.103. The molecule has 0 amide bonds. The van der Waals surface area contributed by atoms with E-state index in [-0.39, 0.29) is 6.04 Å². The Hall–Kier alpha value is -0.860. The van der Waals surface area contributed by atoms with Crippen molar-refractivity contribution >= 4 is 0 Å². The minimum Gasteiger partial charge on any atom is -0.324 e. The molecule has 0 spiro atoms. The SMILES string of the molecule is CC1CCC(C)N(CC(C)C(N)c2ccccc2)C1. The van der Waals surface area contributed by atoms with Crippen molar-refractivity contribution < 1.29 is 0 Å². The van der Waals surface area contributed by atoms with Crippen LogP contribution in [0.5, 0.6) is 0 Å². The summed E-state index contributed by atoms with van der Waals surface area (Å²) in [6.45, 7) is 9.34. The smallest absolute Gasteiger partial charge is 0.0333 e. The van der Waals surface area contributed by atoms with E-state index in [0.717, 1.165) is 12.5 Å². The molecule has 2 nitrogen and oxygen atoms in total. The number of piperidine rings is 1. The Balaban J connectivity index is 1.94. The van der Waals surface area contributed by atoms with Gasteiger partial charge in [-0.15, -0.1) is 0 Å². The third-order valence-corrected chi connectivity index (χ3v) is 4.57. The minimum absolute atomic E-state index is 0.144. The molecule has 0 bridgehead atoms. The van der Waals surface area contributed by atoms with Crippen LogP contribution in [0, 0.1) is 11.8 Å². The van der Waals surface area contributed by atoms with Crippen LogP contribution in [0.2, 0.25) is 0 Å². The average Bonchev–Trinajstić information content (AvgIpc) is 2.43. The lowest BCUT2D eigenvalue weighted by Gasteiger charge is -2.39. The number of hydrogen-bond acceptors (Lipinski definition) is 2. The fourth-order valence-corrected chi connectivity index (χ4v) is 3.12. The van der Waals surface area contributed by atoms with Crippen LogP contribution in [-0.2, 0) is 0 Å². The molecule has 106 valence electrons. The van der Waals surface area contributed by atoms with Gasteiger partial charge in [-0.1, -0.05) is 44.2 Å². The van der Waals surface area contributed by atoms with E-state index in [2.05, 4.69) is 56.0 Å². The molecule has 1 aliphatic rings. The van der Waals surface area contributed by atoms with Gasteiger partial charge in [-0.05, 0) is 37.2 Å². The van der Waals surface area contributed by atoms with E-state index in [1.54, 1.807) is 0 Å². The molecule has 1 aliphatic heterocycles. The highest BCUT2D eigenvalue weighted by molar-refractivity contribution is 5.19. The molecular weight excluding hydrogens is 232 g/mol. The summed E-state index contributed by atoms with van der Waals surface area (Å²) in [5.41, 5.74) is 7.67. The van der Waals surface area contributed by atoms with Gasteiger partial charge in [0.15, 0.2) is 0 Å². The molecule has 1 saturated heterocycles. The van der Waals surface area contributed by atoms with Crippen LogP contribution in [0.3, 0.4) is 0 Å². The van der Waals surface area contributed by atoms with Crippen molar-refractivity contribution in [2.75, 3.05) is 13.1 Å². The summed E-state index contributed by atoms with van der Waals surface area (Å²) in [6.07, 6.45) is 2.70. The highest BCUT2D eigenvalue weighted by Crippen LogP contribution is 2.25. The summed E-state index contributed by atoms with van der Waals surface area (Å²) < 4.78 is 0. The van der Waals surface area contributed by atoms with Crippen LogP contribution < -0.4 is 5.73 Å². The predicted octanol–water partition coefficient (Wildman–Crippen LogP) is 3.44. The van der Waals surface area contributed by atoms with Gasteiger partial charge in [0.1, 0.15) is 0 Å². The molecule has 4 unspecified atom stereocenters. The van der Waals surface area contributed by atoms with Crippen LogP contribution in [0.4, 0.5) is 0 Å². The first kappa shape index (κ1) is 14.5. The van der Waals surface area contributed by atoms with E-state index < -0.39 is 0 Å². The number of benzene rings is 1. The third-order valence-electron chi connectivity index (χ3n) is 4.57. The Morgan fingerprint density at radius 1 is 1.21 bits per heavy atom. The van der Waals surface area contributed by atoms with Crippen molar-refractivity contribution in [3.8, 4) is 0 Å². The van der Waals surface area contributed by atoms with Gasteiger partial charge in [-0.3, -0.25) is 0 Å². The first-order chi connectivity index (χ1) is 9.08. The molecule has 1 aromatic rings. The van der Waals surface area contributed by atoms with Crippen molar-refractivity contribution in [3.63, 3.8) is 0 Å². The van der Waals surface area contributed by atoms with Crippen LogP contribution in [-0.4, -0.2) is 24.0 Å². The van der Waals surface area contributed by atoms with E-state index in [4.69, 9.17) is 5.73 Å². The van der Waals surface area contributed by atoms with Gasteiger partial charge in [0.05, 0.1) is 0 Å². The quantitative estimate of drug-likeness (QED) is 0.898. The molecule has 0 radical (unpaired) electrons. The van der Waals surface area contributed by atoms with E-state index in [1.807, 2.05) is 0 Å². The monoisotopic (exact) mass is 260 g/mol. The van der Waals surface area contributed by atoms with Gasteiger partial charge in [-0.2, -0.15) is 0 Å². The Labute approximate surface area is 118 Å². The summed E-state index contributed by atoms with van der Waals surface area (Å²) >= 11 is 0. The molecular formula is C17H28N2. The second kappa shape index (κ2) is 6.53. The molecule has 4 atom stereocenters. The maximum Gasteiger partial charge on any atom is 0.0333 e. The standard InChI is InChI=1S/C17H28N2/c1-13-9-10-15(3)19(11-13)12-14(2)17(18)16-7-5-4-6-8-16/h4-8,13-15,17H,9-12,18H2,1-3H3. The zero-order valence-electron chi connectivity index (χ0n) is 12.5. The highest BCUT2D eigenvalue weighted by atomic mass is 15.2. The van der Waals surface area contributed by atoms with E-state index >= 15 is 0 Å². The topological polar surface area (TPSA) is 29.3 Å².